The maximum atomic E-state index is 12.0. The van der Waals surface area contributed by atoms with E-state index in [2.05, 4.69) is 48.3 Å². The van der Waals surface area contributed by atoms with Crippen LogP contribution in [0.3, 0.4) is 0 Å². The Labute approximate surface area is 248 Å². The molecule has 0 spiro atoms. The van der Waals surface area contributed by atoms with Gasteiger partial charge in [-0.2, -0.15) is 0 Å². The van der Waals surface area contributed by atoms with Gasteiger partial charge in [0.25, 0.3) is 5.91 Å². The van der Waals surface area contributed by atoms with E-state index < -0.39 is 0 Å². The van der Waals surface area contributed by atoms with Crippen LogP contribution in [-0.4, -0.2) is 63.2 Å². The number of likely N-dealkylation sites (tertiary alicyclic amines) is 1. The highest BCUT2D eigenvalue weighted by Gasteiger charge is 2.23. The Morgan fingerprint density at radius 3 is 2.17 bits per heavy atom. The number of nitrogens with two attached hydrogens (primary N) is 1. The molecule has 1 amide bonds. The van der Waals surface area contributed by atoms with Gasteiger partial charge in [0.15, 0.2) is 11.5 Å². The molecule has 0 aliphatic carbocycles. The molecular weight excluding hydrogens is 530 g/mol. The minimum absolute atomic E-state index is 0.389. The third-order valence-corrected chi connectivity index (χ3v) is 7.18. The van der Waals surface area contributed by atoms with Gasteiger partial charge in [0.05, 0.1) is 24.8 Å². The van der Waals surface area contributed by atoms with E-state index >= 15 is 0 Å². The molecule has 3 N–H and O–H groups in total. The van der Waals surface area contributed by atoms with Crippen molar-refractivity contribution >= 4 is 30.4 Å². The fraction of sp³-hybridized carbons (Fsp3) is 0.324. The topological polar surface area (TPSA) is 115 Å². The van der Waals surface area contributed by atoms with E-state index in [9.17, 15) is 4.79 Å². The van der Waals surface area contributed by atoms with Crippen LogP contribution in [0.5, 0.6) is 11.5 Å². The number of fused-ring (bicyclic) bond motifs is 1. The van der Waals surface area contributed by atoms with E-state index in [0.29, 0.717) is 11.5 Å². The molecule has 8 heteroatoms. The quantitative estimate of drug-likeness (QED) is 0.241. The second-order valence-corrected chi connectivity index (χ2v) is 9.85. The summed E-state index contributed by atoms with van der Waals surface area (Å²) in [5.74, 6) is 1.77. The first-order chi connectivity index (χ1) is 20.5. The van der Waals surface area contributed by atoms with Crippen LogP contribution in [0.25, 0.3) is 22.0 Å². The first kappa shape index (κ1) is 33.8. The number of benzene rings is 3. The first-order valence-corrected chi connectivity index (χ1v) is 14.0. The van der Waals surface area contributed by atoms with Crippen molar-refractivity contribution in [3.8, 4) is 22.6 Å². The number of para-hydroxylation sites is 2. The summed E-state index contributed by atoms with van der Waals surface area (Å²) in [5.41, 5.74) is 10.5. The van der Waals surface area contributed by atoms with Crippen LogP contribution in [0.4, 0.5) is 0 Å². The fourth-order valence-electron chi connectivity index (χ4n) is 4.97. The van der Waals surface area contributed by atoms with Crippen molar-refractivity contribution in [2.24, 2.45) is 5.73 Å². The Hall–Kier alpha value is -4.43. The van der Waals surface area contributed by atoms with Gasteiger partial charge in [-0.1, -0.05) is 55.8 Å². The lowest BCUT2D eigenvalue weighted by molar-refractivity contribution is -0.0987. The molecule has 1 saturated heterocycles. The Bertz CT molecular complexity index is 1360. The van der Waals surface area contributed by atoms with Crippen LogP contribution in [0.1, 0.15) is 54.4 Å². The van der Waals surface area contributed by atoms with Gasteiger partial charge >= 0.3 is 0 Å². The number of carbonyl (C=O) groups excluding carboxylic acids is 3. The summed E-state index contributed by atoms with van der Waals surface area (Å²) in [5, 5.41) is 1.13. The van der Waals surface area contributed by atoms with Gasteiger partial charge in [-0.05, 0) is 86.3 Å². The third kappa shape index (κ3) is 9.04. The number of piperidine rings is 1. The Kier molecular flexibility index (Phi) is 14.5. The number of rotatable bonds is 8. The number of nitrogens with one attached hydrogen (secondary N) is 1. The zero-order valence-corrected chi connectivity index (χ0v) is 24.9. The van der Waals surface area contributed by atoms with Crippen LogP contribution in [0.15, 0.2) is 72.9 Å². The van der Waals surface area contributed by atoms with E-state index in [1.165, 1.54) is 5.56 Å². The van der Waals surface area contributed by atoms with Crippen molar-refractivity contribution in [3.05, 3.63) is 84.1 Å². The summed E-state index contributed by atoms with van der Waals surface area (Å²) in [6, 6.07) is 22.0. The fourth-order valence-corrected chi connectivity index (χ4v) is 4.97. The maximum Gasteiger partial charge on any atom is 0.250 e. The number of ether oxygens (including phenoxy) is 2. The maximum absolute atomic E-state index is 12.0. The third-order valence-electron chi connectivity index (χ3n) is 7.18. The molecule has 0 atom stereocenters. The van der Waals surface area contributed by atoms with Crippen molar-refractivity contribution in [1.82, 2.24) is 9.88 Å². The average Bonchev–Trinajstić information content (AvgIpc) is 3.48. The molecule has 1 aromatic heterocycles. The summed E-state index contributed by atoms with van der Waals surface area (Å²) in [4.78, 5) is 33.7. The monoisotopic (exact) mass is 573 g/mol. The summed E-state index contributed by atoms with van der Waals surface area (Å²) >= 11 is 0. The number of H-pyrrole nitrogens is 1. The molecule has 1 aliphatic heterocycles. The van der Waals surface area contributed by atoms with Crippen molar-refractivity contribution in [2.75, 3.05) is 33.9 Å². The molecule has 1 fully saturated rings. The lowest BCUT2D eigenvalue weighted by atomic mass is 9.88. The molecule has 42 heavy (non-hydrogen) atoms. The number of aromatic nitrogens is 1. The van der Waals surface area contributed by atoms with Crippen molar-refractivity contribution in [1.29, 1.82) is 0 Å². The number of aromatic amines is 1. The van der Waals surface area contributed by atoms with Crippen LogP contribution in [-0.2, 0) is 9.59 Å². The normalized spacial score (nSPS) is 12.9. The minimum atomic E-state index is -0.389. The molecule has 224 valence electrons. The SMILES string of the molecule is C=O.C=O.CCCCOc1ccccc1OC.CN1CCC(c2c[nH]c3c(C(N)=O)cc(-c4ccccc4)cc23)CC1. The number of hydrogen-bond acceptors (Lipinski definition) is 6. The lowest BCUT2D eigenvalue weighted by Crippen LogP contribution is -2.29. The molecule has 0 radical (unpaired) electrons. The molecule has 3 aromatic carbocycles. The van der Waals surface area contributed by atoms with Crippen LogP contribution in [0, 0.1) is 0 Å². The van der Waals surface area contributed by atoms with Gasteiger partial charge in [-0.15, -0.1) is 0 Å². The zero-order valence-electron chi connectivity index (χ0n) is 24.9. The number of unbranched alkanes of at least 4 members (excludes halogenated alkanes) is 1. The Morgan fingerprint density at radius 1 is 0.952 bits per heavy atom. The highest BCUT2D eigenvalue weighted by Crippen LogP contribution is 2.36. The van der Waals surface area contributed by atoms with E-state index in [4.69, 9.17) is 24.8 Å². The van der Waals surface area contributed by atoms with E-state index in [0.717, 1.165) is 78.9 Å². The largest absolute Gasteiger partial charge is 0.493 e. The van der Waals surface area contributed by atoms with Gasteiger partial charge in [0.1, 0.15) is 13.6 Å². The average molecular weight is 574 g/mol. The summed E-state index contributed by atoms with van der Waals surface area (Å²) in [6.45, 7) is 9.12. The standard InChI is InChI=1S/C21H23N3O.C11H16O2.2CH2O/c1-24-9-7-15(8-10-24)19-13-23-20-17(19)11-16(12-18(20)21(22)25)14-5-3-2-4-6-14;1-3-4-9-13-11-8-6-5-7-10(11)12-2;2*1-2/h2-6,11-13,15,23H,7-10H2,1H3,(H2,22,25);5-8H,3-4,9H2,1-2H3;2*1H2. The minimum Gasteiger partial charge on any atom is -0.493 e. The second kappa shape index (κ2) is 18.1. The molecule has 8 nitrogen and oxygen atoms in total. The molecule has 1 aliphatic rings. The number of methoxy groups -OCH3 is 1. The zero-order chi connectivity index (χ0) is 30.9. The number of primary amides is 1. The predicted molar refractivity (Wildman–Crippen MR) is 169 cm³/mol. The van der Waals surface area contributed by atoms with E-state index in [1.807, 2.05) is 62.1 Å². The second-order valence-electron chi connectivity index (χ2n) is 9.85. The van der Waals surface area contributed by atoms with Gasteiger partial charge in [-0.3, -0.25) is 4.79 Å². The van der Waals surface area contributed by atoms with Crippen molar-refractivity contribution in [2.45, 2.75) is 38.5 Å². The van der Waals surface area contributed by atoms with Crippen LogP contribution >= 0.6 is 0 Å². The summed E-state index contributed by atoms with van der Waals surface area (Å²) in [7, 11) is 3.83. The van der Waals surface area contributed by atoms with E-state index in [1.54, 1.807) is 7.11 Å². The van der Waals surface area contributed by atoms with Gasteiger partial charge in [0, 0.05) is 11.6 Å². The molecule has 0 saturated carbocycles. The summed E-state index contributed by atoms with van der Waals surface area (Å²) in [6.07, 6.45) is 6.59. The number of nitrogens with zero attached hydrogens (tertiary/aromatic N) is 1. The Morgan fingerprint density at radius 2 is 1.57 bits per heavy atom. The van der Waals surface area contributed by atoms with Gasteiger partial charge in [-0.25, -0.2) is 0 Å². The number of carbonyl (C=O) groups is 3. The van der Waals surface area contributed by atoms with Crippen LogP contribution in [0.2, 0.25) is 0 Å². The molecule has 0 bridgehead atoms. The van der Waals surface area contributed by atoms with Gasteiger partial charge in [0.2, 0.25) is 0 Å². The number of amides is 1. The number of hydrogen-bond donors (Lipinski definition) is 2. The Balaban J connectivity index is 0.000000307. The van der Waals surface area contributed by atoms with Crippen molar-refractivity contribution < 1.29 is 23.9 Å². The van der Waals surface area contributed by atoms with Gasteiger partial charge < -0.3 is 34.7 Å². The molecule has 5 rings (SSSR count). The first-order valence-electron chi connectivity index (χ1n) is 14.0. The smallest absolute Gasteiger partial charge is 0.250 e. The highest BCUT2D eigenvalue weighted by molar-refractivity contribution is 6.07. The lowest BCUT2D eigenvalue weighted by Gasteiger charge is -2.28. The molecule has 4 aromatic rings. The molecule has 2 heterocycles. The highest BCUT2D eigenvalue weighted by atomic mass is 16.5. The van der Waals surface area contributed by atoms with E-state index in [-0.39, 0.29) is 5.91 Å². The predicted octanol–water partition coefficient (Wildman–Crippen LogP) is 6.25. The van der Waals surface area contributed by atoms with Crippen molar-refractivity contribution in [3.63, 3.8) is 0 Å². The van der Waals surface area contributed by atoms with Crippen LogP contribution < -0.4 is 15.2 Å². The molecule has 0 unspecified atom stereocenters. The molecular formula is C34H43N3O5. The summed E-state index contributed by atoms with van der Waals surface area (Å²) < 4.78 is 10.7.